The van der Waals surface area contributed by atoms with Crippen molar-refractivity contribution < 1.29 is 17.9 Å². The van der Waals surface area contributed by atoms with E-state index in [9.17, 15) is 8.42 Å². The first-order chi connectivity index (χ1) is 7.55. The van der Waals surface area contributed by atoms with Crippen LogP contribution in [-0.2, 0) is 19.5 Å². The van der Waals surface area contributed by atoms with E-state index in [1.807, 2.05) is 6.92 Å². The van der Waals surface area contributed by atoms with Crippen molar-refractivity contribution in [1.82, 2.24) is 4.72 Å². The second kappa shape index (κ2) is 8.89. The summed E-state index contributed by atoms with van der Waals surface area (Å²) in [6.07, 6.45) is 0.557. The first kappa shape index (κ1) is 15.8. The minimum Gasteiger partial charge on any atom is -0.383 e. The lowest BCUT2D eigenvalue weighted by atomic mass is 10.2. The Kier molecular flexibility index (Phi) is 8.77. The Balaban J connectivity index is 4.08. The van der Waals surface area contributed by atoms with Crippen LogP contribution >= 0.6 is 0 Å². The number of rotatable bonds is 10. The molecule has 0 saturated heterocycles. The van der Waals surface area contributed by atoms with Gasteiger partial charge < -0.3 is 15.2 Å². The van der Waals surface area contributed by atoms with Gasteiger partial charge in [0.25, 0.3) is 0 Å². The maximum absolute atomic E-state index is 11.6. The van der Waals surface area contributed by atoms with E-state index in [1.54, 1.807) is 0 Å². The molecule has 0 amide bonds. The van der Waals surface area contributed by atoms with Crippen LogP contribution in [0, 0.1) is 0 Å². The van der Waals surface area contributed by atoms with Gasteiger partial charge in [0.05, 0.1) is 19.0 Å². The molecule has 7 heteroatoms. The normalized spacial score (nSPS) is 13.9. The van der Waals surface area contributed by atoms with E-state index in [1.165, 1.54) is 7.11 Å². The van der Waals surface area contributed by atoms with Crippen molar-refractivity contribution in [2.45, 2.75) is 19.4 Å². The second-order valence-electron chi connectivity index (χ2n) is 3.36. The van der Waals surface area contributed by atoms with Crippen molar-refractivity contribution in [3.8, 4) is 0 Å². The Morgan fingerprint density at radius 3 is 2.62 bits per heavy atom. The summed E-state index contributed by atoms with van der Waals surface area (Å²) < 4.78 is 35.6. The molecular formula is C9H22N2O4S. The predicted molar refractivity (Wildman–Crippen MR) is 62.8 cm³/mol. The van der Waals surface area contributed by atoms with Gasteiger partial charge in [-0.25, -0.2) is 13.1 Å². The summed E-state index contributed by atoms with van der Waals surface area (Å²) in [6, 6.07) is -0.262. The van der Waals surface area contributed by atoms with Gasteiger partial charge in [-0.1, -0.05) is 0 Å². The molecule has 16 heavy (non-hydrogen) atoms. The van der Waals surface area contributed by atoms with E-state index < -0.39 is 10.0 Å². The molecule has 0 heterocycles. The molecule has 0 rings (SSSR count). The Bertz CT molecular complexity index is 250. The first-order valence-electron chi connectivity index (χ1n) is 5.32. The zero-order valence-electron chi connectivity index (χ0n) is 9.94. The molecular weight excluding hydrogens is 232 g/mol. The maximum atomic E-state index is 11.6. The number of methoxy groups -OCH3 is 1. The standard InChI is InChI=1S/C9H22N2O4S/c1-3-15-6-7-16(12,13)11-9(4-5-10)8-14-2/h9,11H,3-8,10H2,1-2H3. The fourth-order valence-electron chi connectivity index (χ4n) is 1.20. The fraction of sp³-hybridized carbons (Fsp3) is 1.00. The van der Waals surface area contributed by atoms with Gasteiger partial charge in [-0.3, -0.25) is 0 Å². The average molecular weight is 254 g/mol. The zero-order valence-corrected chi connectivity index (χ0v) is 10.8. The van der Waals surface area contributed by atoms with Gasteiger partial charge in [0.2, 0.25) is 10.0 Å². The van der Waals surface area contributed by atoms with Crippen LogP contribution in [-0.4, -0.2) is 53.7 Å². The van der Waals surface area contributed by atoms with Crippen molar-refractivity contribution in [1.29, 1.82) is 0 Å². The third-order valence-electron chi connectivity index (χ3n) is 1.93. The zero-order chi connectivity index (χ0) is 12.4. The quantitative estimate of drug-likeness (QED) is 0.503. The highest BCUT2D eigenvalue weighted by molar-refractivity contribution is 7.89. The smallest absolute Gasteiger partial charge is 0.214 e. The molecule has 0 aliphatic rings. The van der Waals surface area contributed by atoms with Crippen LogP contribution in [0.25, 0.3) is 0 Å². The number of hydrogen-bond donors (Lipinski definition) is 2. The lowest BCUT2D eigenvalue weighted by Gasteiger charge is -2.17. The minimum absolute atomic E-state index is 0.0361. The number of ether oxygens (including phenoxy) is 2. The molecule has 98 valence electrons. The summed E-state index contributed by atoms with van der Waals surface area (Å²) in [5.41, 5.74) is 5.39. The fourth-order valence-corrected chi connectivity index (χ4v) is 2.35. The highest BCUT2D eigenvalue weighted by atomic mass is 32.2. The average Bonchev–Trinajstić information content (AvgIpc) is 2.18. The van der Waals surface area contributed by atoms with Gasteiger partial charge >= 0.3 is 0 Å². The van der Waals surface area contributed by atoms with E-state index in [4.69, 9.17) is 15.2 Å². The number of nitrogens with two attached hydrogens (primary N) is 1. The first-order valence-corrected chi connectivity index (χ1v) is 6.97. The van der Waals surface area contributed by atoms with Crippen LogP contribution in [0.4, 0.5) is 0 Å². The molecule has 0 aliphatic carbocycles. The highest BCUT2D eigenvalue weighted by Gasteiger charge is 2.16. The monoisotopic (exact) mass is 254 g/mol. The molecule has 0 aromatic heterocycles. The molecule has 0 fully saturated rings. The number of sulfonamides is 1. The van der Waals surface area contributed by atoms with Crippen LogP contribution < -0.4 is 10.5 Å². The van der Waals surface area contributed by atoms with Gasteiger partial charge in [-0.15, -0.1) is 0 Å². The van der Waals surface area contributed by atoms with Crippen LogP contribution in [0.1, 0.15) is 13.3 Å². The molecule has 0 aromatic carbocycles. The van der Waals surface area contributed by atoms with E-state index in [0.29, 0.717) is 26.2 Å². The third kappa shape index (κ3) is 8.00. The van der Waals surface area contributed by atoms with Gasteiger partial charge in [0.1, 0.15) is 0 Å². The van der Waals surface area contributed by atoms with Crippen LogP contribution in [0.15, 0.2) is 0 Å². The van der Waals surface area contributed by atoms with Gasteiger partial charge in [-0.05, 0) is 19.9 Å². The van der Waals surface area contributed by atoms with Crippen molar-refractivity contribution in [3.05, 3.63) is 0 Å². The van der Waals surface area contributed by atoms with Crippen molar-refractivity contribution in [3.63, 3.8) is 0 Å². The van der Waals surface area contributed by atoms with Gasteiger partial charge in [0, 0.05) is 19.8 Å². The number of hydrogen-bond acceptors (Lipinski definition) is 5. The Labute approximate surface area is 97.5 Å². The summed E-state index contributed by atoms with van der Waals surface area (Å²) in [5, 5.41) is 0. The Morgan fingerprint density at radius 1 is 1.44 bits per heavy atom. The second-order valence-corrected chi connectivity index (χ2v) is 5.24. The van der Waals surface area contributed by atoms with Crippen LogP contribution in [0.2, 0.25) is 0 Å². The van der Waals surface area contributed by atoms with Crippen LogP contribution in [0.3, 0.4) is 0 Å². The van der Waals surface area contributed by atoms with Crippen molar-refractivity contribution >= 4 is 10.0 Å². The van der Waals surface area contributed by atoms with Crippen LogP contribution in [0.5, 0.6) is 0 Å². The molecule has 3 N–H and O–H groups in total. The lowest BCUT2D eigenvalue weighted by molar-refractivity contribution is 0.161. The summed E-state index contributed by atoms with van der Waals surface area (Å²) in [5.74, 6) is -0.0361. The number of nitrogens with one attached hydrogen (secondary N) is 1. The van der Waals surface area contributed by atoms with Gasteiger partial charge in [0.15, 0.2) is 0 Å². The summed E-state index contributed by atoms with van der Waals surface area (Å²) in [6.45, 7) is 3.28. The Hall–Kier alpha value is -0.210. The summed E-state index contributed by atoms with van der Waals surface area (Å²) >= 11 is 0. The molecule has 0 spiro atoms. The minimum atomic E-state index is -3.31. The molecule has 0 aliphatic heterocycles. The molecule has 0 bridgehead atoms. The lowest BCUT2D eigenvalue weighted by Crippen LogP contribution is -2.41. The molecule has 0 saturated carbocycles. The molecule has 1 atom stereocenters. The SMILES string of the molecule is CCOCCS(=O)(=O)NC(CCN)COC. The predicted octanol–water partition coefficient (Wildman–Crippen LogP) is -0.694. The molecule has 0 radical (unpaired) electrons. The third-order valence-corrected chi connectivity index (χ3v) is 3.33. The highest BCUT2D eigenvalue weighted by Crippen LogP contribution is 1.96. The van der Waals surface area contributed by atoms with Gasteiger partial charge in [-0.2, -0.15) is 0 Å². The van der Waals surface area contributed by atoms with E-state index in [-0.39, 0.29) is 18.4 Å². The molecule has 6 nitrogen and oxygen atoms in total. The topological polar surface area (TPSA) is 90.7 Å². The van der Waals surface area contributed by atoms with E-state index in [0.717, 1.165) is 0 Å². The van der Waals surface area contributed by atoms with Crippen molar-refractivity contribution in [2.75, 3.05) is 39.2 Å². The maximum Gasteiger partial charge on any atom is 0.214 e. The van der Waals surface area contributed by atoms with E-state index in [2.05, 4.69) is 4.72 Å². The Morgan fingerprint density at radius 2 is 2.12 bits per heavy atom. The largest absolute Gasteiger partial charge is 0.383 e. The van der Waals surface area contributed by atoms with E-state index >= 15 is 0 Å². The summed E-state index contributed by atoms with van der Waals surface area (Å²) in [4.78, 5) is 0. The van der Waals surface area contributed by atoms with Crippen molar-refractivity contribution in [2.24, 2.45) is 5.73 Å². The molecule has 1 unspecified atom stereocenters. The summed E-state index contributed by atoms with van der Waals surface area (Å²) in [7, 11) is -1.78. The molecule has 0 aromatic rings.